The minimum atomic E-state index is 0.0795. The van der Waals surface area contributed by atoms with Crippen molar-refractivity contribution in [2.45, 2.75) is 38.3 Å². The van der Waals surface area contributed by atoms with E-state index < -0.39 is 0 Å². The molecule has 1 aromatic carbocycles. The summed E-state index contributed by atoms with van der Waals surface area (Å²) in [5.41, 5.74) is 8.16. The average Bonchev–Trinajstić information content (AvgIpc) is 2.93. The Balaban J connectivity index is 1.53. The molecule has 2 aliphatic rings. The summed E-state index contributed by atoms with van der Waals surface area (Å²) in [7, 11) is 0. The van der Waals surface area contributed by atoms with Gasteiger partial charge in [0.2, 0.25) is 5.91 Å². The number of nitrogens with two attached hydrogens (primary N) is 1. The van der Waals surface area contributed by atoms with Crippen LogP contribution in [0.3, 0.4) is 0 Å². The van der Waals surface area contributed by atoms with Crippen molar-refractivity contribution >= 4 is 11.6 Å². The van der Waals surface area contributed by atoms with E-state index in [4.69, 9.17) is 10.5 Å². The zero-order valence-electron chi connectivity index (χ0n) is 13.7. The lowest BCUT2D eigenvalue weighted by atomic mass is 10.00. The third-order valence-electron chi connectivity index (χ3n) is 4.89. The average molecular weight is 317 g/mol. The minimum Gasteiger partial charge on any atom is -0.379 e. The highest BCUT2D eigenvalue weighted by atomic mass is 16.5. The fourth-order valence-corrected chi connectivity index (χ4v) is 3.53. The first-order chi connectivity index (χ1) is 11.2. The molecule has 2 fully saturated rings. The van der Waals surface area contributed by atoms with Crippen molar-refractivity contribution in [3.63, 3.8) is 0 Å². The number of hydrogen-bond donors (Lipinski definition) is 2. The van der Waals surface area contributed by atoms with Crippen molar-refractivity contribution < 1.29 is 9.53 Å². The molecule has 1 amide bonds. The Morgan fingerprint density at radius 1 is 1.30 bits per heavy atom. The van der Waals surface area contributed by atoms with Crippen LogP contribution in [-0.2, 0) is 16.1 Å². The number of carbonyl (C=O) groups excluding carboxylic acids is 1. The molecule has 3 rings (SSSR count). The van der Waals surface area contributed by atoms with E-state index in [-0.39, 0.29) is 11.9 Å². The molecule has 0 spiro atoms. The second kappa shape index (κ2) is 7.90. The second-order valence-corrected chi connectivity index (χ2v) is 6.70. The van der Waals surface area contributed by atoms with Gasteiger partial charge in [-0.3, -0.25) is 9.69 Å². The molecule has 0 radical (unpaired) electrons. The van der Waals surface area contributed by atoms with E-state index in [1.165, 1.54) is 5.56 Å². The number of amides is 1. The topological polar surface area (TPSA) is 67.6 Å². The zero-order chi connectivity index (χ0) is 16.1. The molecule has 1 heterocycles. The molecule has 0 aromatic heterocycles. The number of nitrogens with one attached hydrogen (secondary N) is 1. The van der Waals surface area contributed by atoms with E-state index in [9.17, 15) is 4.79 Å². The van der Waals surface area contributed by atoms with Crippen LogP contribution in [0.25, 0.3) is 0 Å². The fourth-order valence-electron chi connectivity index (χ4n) is 3.53. The second-order valence-electron chi connectivity index (χ2n) is 6.70. The molecule has 23 heavy (non-hydrogen) atoms. The SMILES string of the molecule is N[C@@H]1CCC[C@H]1CC(=O)Nc1cccc(CN2CCOCC2)c1. The summed E-state index contributed by atoms with van der Waals surface area (Å²) < 4.78 is 5.38. The van der Waals surface area contributed by atoms with Gasteiger partial charge in [0.25, 0.3) is 0 Å². The van der Waals surface area contributed by atoms with Gasteiger partial charge in [-0.15, -0.1) is 0 Å². The Morgan fingerprint density at radius 2 is 2.13 bits per heavy atom. The van der Waals surface area contributed by atoms with Crippen LogP contribution in [0.4, 0.5) is 5.69 Å². The normalized spacial score (nSPS) is 25.4. The van der Waals surface area contributed by atoms with E-state index in [0.717, 1.165) is 57.8 Å². The van der Waals surface area contributed by atoms with Gasteiger partial charge in [0, 0.05) is 37.8 Å². The summed E-state index contributed by atoms with van der Waals surface area (Å²) in [6, 6.07) is 8.33. The number of hydrogen-bond acceptors (Lipinski definition) is 4. The Bertz CT molecular complexity index is 529. The molecular weight excluding hydrogens is 290 g/mol. The zero-order valence-corrected chi connectivity index (χ0v) is 13.7. The summed E-state index contributed by atoms with van der Waals surface area (Å²) in [6.45, 7) is 4.45. The van der Waals surface area contributed by atoms with Crippen molar-refractivity contribution in [1.82, 2.24) is 4.90 Å². The van der Waals surface area contributed by atoms with Crippen molar-refractivity contribution in [3.8, 4) is 0 Å². The van der Waals surface area contributed by atoms with Crippen molar-refractivity contribution in [1.29, 1.82) is 0 Å². The maximum Gasteiger partial charge on any atom is 0.224 e. The van der Waals surface area contributed by atoms with Gasteiger partial charge in [0.05, 0.1) is 13.2 Å². The highest BCUT2D eigenvalue weighted by Crippen LogP contribution is 2.27. The van der Waals surface area contributed by atoms with Gasteiger partial charge in [0.1, 0.15) is 0 Å². The van der Waals surface area contributed by atoms with Crippen LogP contribution < -0.4 is 11.1 Å². The standard InChI is InChI=1S/C18H27N3O2/c19-17-6-2-4-15(17)12-18(22)20-16-5-1-3-14(11-16)13-21-7-9-23-10-8-21/h1,3,5,11,15,17H,2,4,6-10,12-13,19H2,(H,20,22)/t15-,17+/m0/s1. The van der Waals surface area contributed by atoms with Crippen LogP contribution in [0.2, 0.25) is 0 Å². The first-order valence-electron chi connectivity index (χ1n) is 8.65. The maximum absolute atomic E-state index is 12.2. The van der Waals surface area contributed by atoms with Gasteiger partial charge < -0.3 is 15.8 Å². The van der Waals surface area contributed by atoms with Crippen LogP contribution in [0.5, 0.6) is 0 Å². The number of benzene rings is 1. The summed E-state index contributed by atoms with van der Waals surface area (Å²) in [5, 5.41) is 3.03. The maximum atomic E-state index is 12.2. The largest absolute Gasteiger partial charge is 0.379 e. The van der Waals surface area contributed by atoms with Gasteiger partial charge in [0.15, 0.2) is 0 Å². The molecule has 1 aliphatic heterocycles. The molecule has 126 valence electrons. The molecule has 1 aromatic rings. The Morgan fingerprint density at radius 3 is 2.87 bits per heavy atom. The molecule has 5 nitrogen and oxygen atoms in total. The Kier molecular flexibility index (Phi) is 5.65. The van der Waals surface area contributed by atoms with Crippen molar-refractivity contribution in [2.24, 2.45) is 11.7 Å². The van der Waals surface area contributed by atoms with Gasteiger partial charge in [-0.05, 0) is 36.5 Å². The number of morpholine rings is 1. The Labute approximate surface area is 138 Å². The monoisotopic (exact) mass is 317 g/mol. The number of carbonyl (C=O) groups is 1. The summed E-state index contributed by atoms with van der Waals surface area (Å²) in [5.74, 6) is 0.419. The lowest BCUT2D eigenvalue weighted by molar-refractivity contribution is -0.117. The lowest BCUT2D eigenvalue weighted by Crippen LogP contribution is -2.35. The van der Waals surface area contributed by atoms with Gasteiger partial charge in [-0.1, -0.05) is 18.6 Å². The number of nitrogens with zero attached hydrogens (tertiary/aromatic N) is 1. The predicted octanol–water partition coefficient (Wildman–Crippen LogP) is 1.97. The van der Waals surface area contributed by atoms with Crippen LogP contribution in [0.15, 0.2) is 24.3 Å². The molecular formula is C18H27N3O2. The third kappa shape index (κ3) is 4.77. The molecule has 0 bridgehead atoms. The van der Waals surface area contributed by atoms with Gasteiger partial charge in [-0.2, -0.15) is 0 Å². The lowest BCUT2D eigenvalue weighted by Gasteiger charge is -2.26. The molecule has 0 unspecified atom stereocenters. The Hall–Kier alpha value is -1.43. The number of rotatable bonds is 5. The number of ether oxygens (including phenoxy) is 1. The smallest absolute Gasteiger partial charge is 0.224 e. The third-order valence-corrected chi connectivity index (χ3v) is 4.89. The fraction of sp³-hybridized carbons (Fsp3) is 0.611. The summed E-state index contributed by atoms with van der Waals surface area (Å²) in [4.78, 5) is 14.6. The highest BCUT2D eigenvalue weighted by Gasteiger charge is 2.26. The van der Waals surface area contributed by atoms with E-state index in [2.05, 4.69) is 22.3 Å². The van der Waals surface area contributed by atoms with Crippen LogP contribution in [0.1, 0.15) is 31.2 Å². The van der Waals surface area contributed by atoms with E-state index in [0.29, 0.717) is 12.3 Å². The van der Waals surface area contributed by atoms with Gasteiger partial charge >= 0.3 is 0 Å². The molecule has 1 saturated carbocycles. The minimum absolute atomic E-state index is 0.0795. The highest BCUT2D eigenvalue weighted by molar-refractivity contribution is 5.91. The van der Waals surface area contributed by atoms with Crippen LogP contribution >= 0.6 is 0 Å². The molecule has 5 heteroatoms. The van der Waals surface area contributed by atoms with E-state index in [1.807, 2.05) is 12.1 Å². The van der Waals surface area contributed by atoms with Crippen molar-refractivity contribution in [2.75, 3.05) is 31.6 Å². The van der Waals surface area contributed by atoms with Gasteiger partial charge in [-0.25, -0.2) is 0 Å². The van der Waals surface area contributed by atoms with E-state index >= 15 is 0 Å². The van der Waals surface area contributed by atoms with Crippen molar-refractivity contribution in [3.05, 3.63) is 29.8 Å². The summed E-state index contributed by atoms with van der Waals surface area (Å²) >= 11 is 0. The number of anilines is 1. The molecule has 2 atom stereocenters. The molecule has 3 N–H and O–H groups in total. The van der Waals surface area contributed by atoms with Crippen LogP contribution in [0, 0.1) is 5.92 Å². The first kappa shape index (κ1) is 16.4. The van der Waals surface area contributed by atoms with Crippen LogP contribution in [-0.4, -0.2) is 43.2 Å². The molecule has 1 aliphatic carbocycles. The summed E-state index contributed by atoms with van der Waals surface area (Å²) in [6.07, 6.45) is 3.81. The van der Waals surface area contributed by atoms with E-state index in [1.54, 1.807) is 0 Å². The molecule has 1 saturated heterocycles. The quantitative estimate of drug-likeness (QED) is 0.871. The first-order valence-corrected chi connectivity index (χ1v) is 8.65. The predicted molar refractivity (Wildman–Crippen MR) is 91.1 cm³/mol.